The Morgan fingerprint density at radius 1 is 1.03 bits per heavy atom. The summed E-state index contributed by atoms with van der Waals surface area (Å²) < 4.78 is 31.8. The van der Waals surface area contributed by atoms with Crippen LogP contribution >= 0.6 is 0 Å². The number of rotatable bonds is 12. The van der Waals surface area contributed by atoms with Gasteiger partial charge in [0.25, 0.3) is 0 Å². The minimum atomic E-state index is -1.78. The van der Waals surface area contributed by atoms with Gasteiger partial charge in [0.1, 0.15) is 29.9 Å². The fourth-order valence-electron chi connectivity index (χ4n) is 5.08. The van der Waals surface area contributed by atoms with Crippen LogP contribution in [0.2, 0.25) is 0 Å². The van der Waals surface area contributed by atoms with Gasteiger partial charge in [-0.1, -0.05) is 46.6 Å². The number of aromatic nitrogens is 5. The molecule has 2 heterocycles. The summed E-state index contributed by atoms with van der Waals surface area (Å²) in [5.74, 6) is -0.410. The third-order valence-corrected chi connectivity index (χ3v) is 7.44. The maximum Gasteiger partial charge on any atom is 0.137 e. The molecular weight excluding hydrogens is 486 g/mol. The Bertz CT molecular complexity index is 1330. The summed E-state index contributed by atoms with van der Waals surface area (Å²) in [4.78, 5) is 6.38. The van der Waals surface area contributed by atoms with Crippen molar-refractivity contribution in [1.82, 2.24) is 24.5 Å². The van der Waals surface area contributed by atoms with Gasteiger partial charge < -0.3 is 10.0 Å². The van der Waals surface area contributed by atoms with Crippen LogP contribution in [0.3, 0.4) is 0 Å². The molecule has 38 heavy (non-hydrogen) atoms. The van der Waals surface area contributed by atoms with Gasteiger partial charge >= 0.3 is 0 Å². The van der Waals surface area contributed by atoms with Gasteiger partial charge in [-0.2, -0.15) is 10.2 Å². The molecule has 7 nitrogen and oxygen atoms in total. The average Bonchev–Trinajstić information content (AvgIpc) is 3.54. The van der Waals surface area contributed by atoms with E-state index < -0.39 is 23.3 Å². The molecule has 9 heteroatoms. The molecule has 2 atom stereocenters. The highest BCUT2D eigenvalue weighted by Gasteiger charge is 2.41. The molecule has 0 unspecified atom stereocenters. The van der Waals surface area contributed by atoms with E-state index in [1.54, 1.807) is 11.6 Å². The van der Waals surface area contributed by atoms with E-state index in [4.69, 9.17) is 5.10 Å². The number of fused-ring (bicyclic) bond motifs is 1. The maximum atomic E-state index is 15.0. The molecule has 0 spiro atoms. The molecular formula is C29H38F2N6O. The van der Waals surface area contributed by atoms with Crippen molar-refractivity contribution in [2.75, 3.05) is 18.0 Å². The summed E-state index contributed by atoms with van der Waals surface area (Å²) in [6, 6.07) is 8.71. The van der Waals surface area contributed by atoms with Crippen LogP contribution in [-0.4, -0.2) is 42.7 Å². The van der Waals surface area contributed by atoms with Crippen molar-refractivity contribution >= 4 is 16.6 Å². The molecule has 0 bridgehead atoms. The van der Waals surface area contributed by atoms with Crippen molar-refractivity contribution in [3.63, 3.8) is 0 Å². The minimum Gasteiger partial charge on any atom is -0.381 e. The standard InChI is InChI=1S/C29H38F2N6O/c1-6-22(7-2)15-35(14-20(3)4)25-9-11-28-23(12-25)16-37(34-28)21(5)29(38,17-36-19-32-18-33-36)26-10-8-24(30)13-27(26)31/h8-13,16,18-22,38H,6-7,14-15,17H2,1-5H3/t21-,29-/m1/s1. The van der Waals surface area contributed by atoms with Gasteiger partial charge in [-0.05, 0) is 43.0 Å². The second kappa shape index (κ2) is 11.6. The summed E-state index contributed by atoms with van der Waals surface area (Å²) in [7, 11) is 0. The number of anilines is 1. The topological polar surface area (TPSA) is 72.0 Å². The van der Waals surface area contributed by atoms with E-state index in [2.05, 4.69) is 54.8 Å². The highest BCUT2D eigenvalue weighted by Crippen LogP contribution is 2.37. The largest absolute Gasteiger partial charge is 0.381 e. The monoisotopic (exact) mass is 524 g/mol. The SMILES string of the molecule is CCC(CC)CN(CC(C)C)c1ccc2nn([C@H](C)[C@](O)(Cn3cncn3)c3ccc(F)cc3F)cc2c1. The first kappa shape index (κ1) is 27.7. The molecule has 4 rings (SSSR count). The van der Waals surface area contributed by atoms with E-state index in [0.29, 0.717) is 11.8 Å². The van der Waals surface area contributed by atoms with E-state index in [1.807, 2.05) is 12.3 Å². The van der Waals surface area contributed by atoms with Crippen LogP contribution < -0.4 is 4.90 Å². The van der Waals surface area contributed by atoms with Gasteiger partial charge in [-0.15, -0.1) is 0 Å². The molecule has 0 radical (unpaired) electrons. The van der Waals surface area contributed by atoms with Crippen LogP contribution in [0.1, 0.15) is 59.1 Å². The molecule has 0 aliphatic carbocycles. The Balaban J connectivity index is 1.72. The van der Waals surface area contributed by atoms with Crippen LogP contribution in [-0.2, 0) is 12.1 Å². The van der Waals surface area contributed by atoms with Crippen molar-refractivity contribution in [2.45, 2.75) is 65.6 Å². The van der Waals surface area contributed by atoms with E-state index >= 15 is 0 Å². The van der Waals surface area contributed by atoms with Gasteiger partial charge in [0, 0.05) is 42.0 Å². The van der Waals surface area contributed by atoms with Crippen molar-refractivity contribution in [3.8, 4) is 0 Å². The van der Waals surface area contributed by atoms with Gasteiger partial charge in [-0.25, -0.2) is 18.4 Å². The molecule has 204 valence electrons. The Morgan fingerprint density at radius 3 is 2.42 bits per heavy atom. The lowest BCUT2D eigenvalue weighted by molar-refractivity contribution is -0.0366. The molecule has 0 fully saturated rings. The third kappa shape index (κ3) is 5.88. The number of halogens is 2. The molecule has 0 saturated carbocycles. The fourth-order valence-corrected chi connectivity index (χ4v) is 5.08. The number of nitrogens with zero attached hydrogens (tertiary/aromatic N) is 6. The average molecular weight is 525 g/mol. The van der Waals surface area contributed by atoms with E-state index in [-0.39, 0.29) is 12.1 Å². The Labute approximate surface area is 223 Å². The molecule has 1 N–H and O–H groups in total. The van der Waals surface area contributed by atoms with Gasteiger partial charge in [0.2, 0.25) is 0 Å². The minimum absolute atomic E-state index is 0.0320. The number of hydrogen-bond acceptors (Lipinski definition) is 5. The zero-order valence-electron chi connectivity index (χ0n) is 22.9. The molecule has 2 aromatic carbocycles. The lowest BCUT2D eigenvalue weighted by Gasteiger charge is -2.34. The first-order valence-electron chi connectivity index (χ1n) is 13.4. The molecule has 0 saturated heterocycles. The second-order valence-electron chi connectivity index (χ2n) is 10.7. The predicted octanol–water partition coefficient (Wildman–Crippen LogP) is 5.95. The molecule has 4 aromatic rings. The normalized spacial score (nSPS) is 14.4. The van der Waals surface area contributed by atoms with E-state index in [1.165, 1.54) is 23.4 Å². The highest BCUT2D eigenvalue weighted by molar-refractivity contribution is 5.82. The smallest absolute Gasteiger partial charge is 0.137 e. The lowest BCUT2D eigenvalue weighted by atomic mass is 9.86. The van der Waals surface area contributed by atoms with Crippen LogP contribution in [0, 0.1) is 23.5 Å². The molecule has 2 aromatic heterocycles. The van der Waals surface area contributed by atoms with E-state index in [9.17, 15) is 13.9 Å². The second-order valence-corrected chi connectivity index (χ2v) is 10.7. The Kier molecular flexibility index (Phi) is 8.45. The summed E-state index contributed by atoms with van der Waals surface area (Å²) in [5.41, 5.74) is 0.0914. The zero-order chi connectivity index (χ0) is 27.4. The van der Waals surface area contributed by atoms with Crippen LogP contribution in [0.25, 0.3) is 10.9 Å². The Hall–Kier alpha value is -3.33. The van der Waals surface area contributed by atoms with Gasteiger partial charge in [0.15, 0.2) is 0 Å². The van der Waals surface area contributed by atoms with Gasteiger partial charge in [0.05, 0.1) is 18.1 Å². The first-order chi connectivity index (χ1) is 18.1. The maximum absolute atomic E-state index is 15.0. The zero-order valence-corrected chi connectivity index (χ0v) is 22.9. The summed E-state index contributed by atoms with van der Waals surface area (Å²) in [6.07, 6.45) is 6.94. The summed E-state index contributed by atoms with van der Waals surface area (Å²) in [5, 5.41) is 21.7. The number of aliphatic hydroxyl groups is 1. The lowest BCUT2D eigenvalue weighted by Crippen LogP contribution is -2.40. The molecule has 0 aliphatic heterocycles. The van der Waals surface area contributed by atoms with Gasteiger partial charge in [-0.3, -0.25) is 4.68 Å². The molecule has 0 aliphatic rings. The fraction of sp³-hybridized carbons (Fsp3) is 0.483. The summed E-state index contributed by atoms with van der Waals surface area (Å²) in [6.45, 7) is 12.5. The van der Waals surface area contributed by atoms with Crippen LogP contribution in [0.5, 0.6) is 0 Å². The van der Waals surface area contributed by atoms with Crippen molar-refractivity contribution in [3.05, 3.63) is 72.4 Å². The Morgan fingerprint density at radius 2 is 1.79 bits per heavy atom. The molecule has 0 amide bonds. The van der Waals surface area contributed by atoms with E-state index in [0.717, 1.165) is 54.7 Å². The van der Waals surface area contributed by atoms with Crippen LogP contribution in [0.4, 0.5) is 14.5 Å². The van der Waals surface area contributed by atoms with Crippen molar-refractivity contribution < 1.29 is 13.9 Å². The number of benzene rings is 2. The summed E-state index contributed by atoms with van der Waals surface area (Å²) >= 11 is 0. The van der Waals surface area contributed by atoms with Crippen molar-refractivity contribution in [1.29, 1.82) is 0 Å². The number of hydrogen-bond donors (Lipinski definition) is 1. The first-order valence-corrected chi connectivity index (χ1v) is 13.4. The van der Waals surface area contributed by atoms with Crippen molar-refractivity contribution in [2.24, 2.45) is 11.8 Å². The quantitative estimate of drug-likeness (QED) is 0.248. The highest BCUT2D eigenvalue weighted by atomic mass is 19.1. The third-order valence-electron chi connectivity index (χ3n) is 7.44. The predicted molar refractivity (Wildman–Crippen MR) is 146 cm³/mol. The van der Waals surface area contributed by atoms with Crippen LogP contribution in [0.15, 0.2) is 55.2 Å².